The van der Waals surface area contributed by atoms with Gasteiger partial charge in [-0.05, 0) is 31.5 Å². The summed E-state index contributed by atoms with van der Waals surface area (Å²) < 4.78 is 5.78. The Hall–Kier alpha value is -0.770. The quantitative estimate of drug-likeness (QED) is 0.901. The van der Waals surface area contributed by atoms with Gasteiger partial charge >= 0.3 is 0 Å². The molecule has 2 unspecified atom stereocenters. The van der Waals surface area contributed by atoms with Crippen LogP contribution in [0.2, 0.25) is 5.02 Å². The van der Waals surface area contributed by atoms with Crippen molar-refractivity contribution < 1.29 is 4.74 Å². The van der Waals surface area contributed by atoms with Crippen LogP contribution in [-0.2, 0) is 13.0 Å². The lowest BCUT2D eigenvalue weighted by Crippen LogP contribution is -2.53. The van der Waals surface area contributed by atoms with E-state index in [2.05, 4.69) is 30.1 Å². The van der Waals surface area contributed by atoms with E-state index in [4.69, 9.17) is 16.3 Å². The third-order valence-corrected chi connectivity index (χ3v) is 4.07. The molecule has 19 heavy (non-hydrogen) atoms. The summed E-state index contributed by atoms with van der Waals surface area (Å²) in [6, 6.07) is 5.17. The second-order valence-electron chi connectivity index (χ2n) is 5.81. The van der Waals surface area contributed by atoms with Crippen molar-refractivity contribution >= 4 is 11.6 Å². The lowest BCUT2D eigenvalue weighted by atomic mass is 10.1. The molecule has 4 heteroatoms. The average molecular weight is 281 g/mol. The van der Waals surface area contributed by atoms with Gasteiger partial charge in [0.15, 0.2) is 0 Å². The van der Waals surface area contributed by atoms with E-state index >= 15 is 0 Å². The van der Waals surface area contributed by atoms with Gasteiger partial charge in [-0.2, -0.15) is 0 Å². The summed E-state index contributed by atoms with van der Waals surface area (Å²) >= 11 is 6.22. The number of ether oxygens (including phenoxy) is 1. The number of nitrogens with zero attached hydrogens (tertiary/aromatic N) is 1. The second-order valence-corrected chi connectivity index (χ2v) is 6.25. The fourth-order valence-corrected chi connectivity index (χ4v) is 3.54. The summed E-state index contributed by atoms with van der Waals surface area (Å²) in [5.74, 6) is 1.07. The van der Waals surface area contributed by atoms with E-state index in [1.807, 2.05) is 6.07 Å². The van der Waals surface area contributed by atoms with E-state index in [0.717, 1.165) is 43.4 Å². The molecule has 1 saturated heterocycles. The number of fused-ring (bicyclic) bond motifs is 1. The molecule has 2 heterocycles. The van der Waals surface area contributed by atoms with Crippen LogP contribution < -0.4 is 10.1 Å². The third-order valence-electron chi connectivity index (χ3n) is 3.85. The van der Waals surface area contributed by atoms with Gasteiger partial charge in [-0.1, -0.05) is 11.6 Å². The van der Waals surface area contributed by atoms with Gasteiger partial charge in [0.1, 0.15) is 5.75 Å². The molecule has 0 saturated carbocycles. The molecule has 2 atom stereocenters. The van der Waals surface area contributed by atoms with E-state index in [0.29, 0.717) is 12.1 Å². The minimum atomic E-state index is 0.539. The van der Waals surface area contributed by atoms with Crippen molar-refractivity contribution in [2.75, 3.05) is 19.7 Å². The summed E-state index contributed by atoms with van der Waals surface area (Å²) in [6.07, 6.45) is 0.983. The van der Waals surface area contributed by atoms with Crippen LogP contribution >= 0.6 is 11.6 Å². The van der Waals surface area contributed by atoms with Gasteiger partial charge in [0, 0.05) is 48.7 Å². The average Bonchev–Trinajstić information content (AvgIpc) is 2.75. The van der Waals surface area contributed by atoms with E-state index < -0.39 is 0 Å². The van der Waals surface area contributed by atoms with Crippen molar-refractivity contribution in [3.05, 3.63) is 28.3 Å². The standard InChI is InChI=1S/C15H21ClN2O/c1-10-7-18(8-11(2)17-10)9-13-6-14(16)5-12-3-4-19-15(12)13/h5-6,10-11,17H,3-4,7-9H2,1-2H3. The largest absolute Gasteiger partial charge is 0.493 e. The Bertz CT molecular complexity index is 467. The molecule has 2 aliphatic heterocycles. The van der Waals surface area contributed by atoms with Crippen molar-refractivity contribution in [1.29, 1.82) is 0 Å². The number of halogens is 1. The molecule has 0 amide bonds. The molecule has 1 aromatic carbocycles. The van der Waals surface area contributed by atoms with E-state index in [1.54, 1.807) is 0 Å². The first kappa shape index (κ1) is 13.2. The SMILES string of the molecule is CC1CN(Cc2cc(Cl)cc3c2OCC3)CC(C)N1. The molecule has 2 aliphatic rings. The van der Waals surface area contributed by atoms with Crippen molar-refractivity contribution in [2.45, 2.75) is 38.9 Å². The van der Waals surface area contributed by atoms with Crippen LogP contribution in [0.3, 0.4) is 0 Å². The number of nitrogens with one attached hydrogen (secondary N) is 1. The minimum absolute atomic E-state index is 0.539. The summed E-state index contributed by atoms with van der Waals surface area (Å²) in [7, 11) is 0. The van der Waals surface area contributed by atoms with Crippen LogP contribution in [0, 0.1) is 0 Å². The van der Waals surface area contributed by atoms with Gasteiger partial charge in [0.2, 0.25) is 0 Å². The second kappa shape index (κ2) is 5.31. The first-order chi connectivity index (χ1) is 9.11. The predicted molar refractivity (Wildman–Crippen MR) is 78.0 cm³/mol. The minimum Gasteiger partial charge on any atom is -0.493 e. The van der Waals surface area contributed by atoms with Crippen molar-refractivity contribution in [2.24, 2.45) is 0 Å². The van der Waals surface area contributed by atoms with Crippen molar-refractivity contribution in [1.82, 2.24) is 10.2 Å². The molecule has 0 bridgehead atoms. The highest BCUT2D eigenvalue weighted by Gasteiger charge is 2.24. The lowest BCUT2D eigenvalue weighted by molar-refractivity contribution is 0.165. The highest BCUT2D eigenvalue weighted by Crippen LogP contribution is 2.33. The predicted octanol–water partition coefficient (Wildman–Crippen LogP) is 2.46. The topological polar surface area (TPSA) is 24.5 Å². The molecule has 1 fully saturated rings. The van der Waals surface area contributed by atoms with Crippen LogP contribution in [0.15, 0.2) is 12.1 Å². The van der Waals surface area contributed by atoms with Crippen LogP contribution in [0.5, 0.6) is 5.75 Å². The molecule has 1 N–H and O–H groups in total. The first-order valence-corrected chi connectivity index (χ1v) is 7.42. The van der Waals surface area contributed by atoms with Gasteiger partial charge in [-0.3, -0.25) is 4.90 Å². The Labute approximate surface area is 119 Å². The molecule has 0 spiro atoms. The third kappa shape index (κ3) is 2.88. The smallest absolute Gasteiger partial charge is 0.127 e. The Balaban J connectivity index is 1.80. The maximum absolute atomic E-state index is 6.22. The molecular formula is C15H21ClN2O. The van der Waals surface area contributed by atoms with Crippen molar-refractivity contribution in [3.63, 3.8) is 0 Å². The lowest BCUT2D eigenvalue weighted by Gasteiger charge is -2.36. The monoisotopic (exact) mass is 280 g/mol. The molecule has 1 aromatic rings. The summed E-state index contributed by atoms with van der Waals surface area (Å²) in [5.41, 5.74) is 2.50. The number of hydrogen-bond acceptors (Lipinski definition) is 3. The van der Waals surface area contributed by atoms with Crippen molar-refractivity contribution in [3.8, 4) is 5.75 Å². The molecular weight excluding hydrogens is 260 g/mol. The van der Waals surface area contributed by atoms with Crippen LogP contribution in [0.25, 0.3) is 0 Å². The zero-order valence-electron chi connectivity index (χ0n) is 11.6. The Kier molecular flexibility index (Phi) is 3.70. The van der Waals surface area contributed by atoms with Crippen LogP contribution in [0.4, 0.5) is 0 Å². The van der Waals surface area contributed by atoms with Gasteiger partial charge in [-0.15, -0.1) is 0 Å². The van der Waals surface area contributed by atoms with Crippen LogP contribution in [0.1, 0.15) is 25.0 Å². The van der Waals surface area contributed by atoms with E-state index in [9.17, 15) is 0 Å². The Morgan fingerprint density at radius 1 is 1.32 bits per heavy atom. The van der Waals surface area contributed by atoms with Gasteiger partial charge in [0.25, 0.3) is 0 Å². The molecule has 3 rings (SSSR count). The number of benzene rings is 1. The number of hydrogen-bond donors (Lipinski definition) is 1. The van der Waals surface area contributed by atoms with E-state index in [-0.39, 0.29) is 0 Å². The Morgan fingerprint density at radius 2 is 2.05 bits per heavy atom. The Morgan fingerprint density at radius 3 is 2.79 bits per heavy atom. The van der Waals surface area contributed by atoms with E-state index in [1.165, 1.54) is 11.1 Å². The fourth-order valence-electron chi connectivity index (χ4n) is 3.27. The molecule has 0 aliphatic carbocycles. The highest BCUT2D eigenvalue weighted by atomic mass is 35.5. The summed E-state index contributed by atoms with van der Waals surface area (Å²) in [5, 5.41) is 4.39. The van der Waals surface area contributed by atoms with Gasteiger partial charge in [0.05, 0.1) is 6.61 Å². The van der Waals surface area contributed by atoms with Crippen LogP contribution in [-0.4, -0.2) is 36.7 Å². The zero-order chi connectivity index (χ0) is 13.4. The molecule has 104 valence electrons. The molecule has 0 radical (unpaired) electrons. The maximum atomic E-state index is 6.22. The number of rotatable bonds is 2. The normalized spacial score (nSPS) is 27.1. The first-order valence-electron chi connectivity index (χ1n) is 7.04. The highest BCUT2D eigenvalue weighted by molar-refractivity contribution is 6.30. The van der Waals surface area contributed by atoms with Gasteiger partial charge < -0.3 is 10.1 Å². The summed E-state index contributed by atoms with van der Waals surface area (Å²) in [6.45, 7) is 8.34. The summed E-state index contributed by atoms with van der Waals surface area (Å²) in [4.78, 5) is 2.49. The van der Waals surface area contributed by atoms with Gasteiger partial charge in [-0.25, -0.2) is 0 Å². The fraction of sp³-hybridized carbons (Fsp3) is 0.600. The molecule has 0 aromatic heterocycles. The number of piperazine rings is 1. The maximum Gasteiger partial charge on any atom is 0.127 e. The molecule has 3 nitrogen and oxygen atoms in total. The zero-order valence-corrected chi connectivity index (χ0v) is 12.3.